The van der Waals surface area contributed by atoms with E-state index < -0.39 is 17.7 Å². The quantitative estimate of drug-likeness (QED) is 0.0774. The normalized spacial score (nSPS) is 16.4. The van der Waals surface area contributed by atoms with E-state index in [2.05, 4.69) is 6.92 Å². The Labute approximate surface area is 259 Å². The van der Waals surface area contributed by atoms with Crippen molar-refractivity contribution in [2.45, 2.75) is 53.0 Å². The third kappa shape index (κ3) is 5.19. The van der Waals surface area contributed by atoms with Crippen LogP contribution in [0.15, 0.2) is 66.4 Å². The van der Waals surface area contributed by atoms with Crippen LogP contribution in [0.5, 0.6) is 11.5 Å². The molecule has 1 fully saturated rings. The van der Waals surface area contributed by atoms with E-state index in [1.54, 1.807) is 0 Å². The minimum Gasteiger partial charge on any atom is -0.505 e. The minimum atomic E-state index is -0.952. The molecule has 1 amide bonds. The SMILES string of the molecule is CCCCCOc1cccc(C2/C(=C(\O)c3nc4c(C)cccn4c3C)C(=O)C(=O)N2c2nc3ccc(OCC)cc3s2)c1. The molecule has 1 atom stereocenters. The number of rotatable bonds is 10. The lowest BCUT2D eigenvalue weighted by atomic mass is 9.96. The molecule has 1 aliphatic heterocycles. The molecule has 0 saturated carbocycles. The average molecular weight is 611 g/mol. The van der Waals surface area contributed by atoms with E-state index in [1.807, 2.05) is 86.0 Å². The number of thiazole rings is 1. The number of ketones is 1. The maximum absolute atomic E-state index is 13.8. The molecule has 226 valence electrons. The Kier molecular flexibility index (Phi) is 8.09. The number of nitrogens with zero attached hydrogens (tertiary/aromatic N) is 4. The number of hydrogen-bond acceptors (Lipinski definition) is 8. The van der Waals surface area contributed by atoms with Crippen molar-refractivity contribution in [3.63, 3.8) is 0 Å². The van der Waals surface area contributed by atoms with E-state index in [-0.39, 0.29) is 17.0 Å². The van der Waals surface area contributed by atoms with Gasteiger partial charge in [-0.1, -0.05) is 49.3 Å². The summed E-state index contributed by atoms with van der Waals surface area (Å²) in [6, 6.07) is 15.7. The highest BCUT2D eigenvalue weighted by atomic mass is 32.1. The number of pyridine rings is 1. The van der Waals surface area contributed by atoms with Gasteiger partial charge in [-0.15, -0.1) is 0 Å². The van der Waals surface area contributed by atoms with Gasteiger partial charge in [-0.05, 0) is 74.7 Å². The number of anilines is 1. The molecule has 6 rings (SSSR count). The summed E-state index contributed by atoms with van der Waals surface area (Å²) < 4.78 is 14.4. The molecule has 1 aliphatic rings. The van der Waals surface area contributed by atoms with Crippen LogP contribution in [0.3, 0.4) is 0 Å². The molecule has 44 heavy (non-hydrogen) atoms. The number of ether oxygens (including phenoxy) is 2. The van der Waals surface area contributed by atoms with Crippen molar-refractivity contribution in [3.05, 3.63) is 88.9 Å². The predicted octanol–water partition coefficient (Wildman–Crippen LogP) is 7.15. The van der Waals surface area contributed by atoms with E-state index in [1.165, 1.54) is 16.2 Å². The molecule has 1 N–H and O–H groups in total. The van der Waals surface area contributed by atoms with Gasteiger partial charge in [0.1, 0.15) is 22.8 Å². The molecule has 5 aromatic rings. The number of fused-ring (bicyclic) bond motifs is 2. The zero-order valence-electron chi connectivity index (χ0n) is 25.2. The lowest BCUT2D eigenvalue weighted by molar-refractivity contribution is -0.132. The van der Waals surface area contributed by atoms with Crippen LogP contribution in [-0.2, 0) is 9.59 Å². The molecule has 10 heteroatoms. The molecule has 1 unspecified atom stereocenters. The summed E-state index contributed by atoms with van der Waals surface area (Å²) in [7, 11) is 0. The van der Waals surface area contributed by atoms with Gasteiger partial charge in [0.15, 0.2) is 10.9 Å². The van der Waals surface area contributed by atoms with E-state index in [0.717, 1.165) is 29.5 Å². The molecular weight excluding hydrogens is 576 g/mol. The fourth-order valence-electron chi connectivity index (χ4n) is 5.59. The molecular formula is C34H34N4O5S. The summed E-state index contributed by atoms with van der Waals surface area (Å²) in [5, 5.41) is 12.2. The van der Waals surface area contributed by atoms with Crippen molar-refractivity contribution < 1.29 is 24.2 Å². The number of aromatic nitrogens is 3. The van der Waals surface area contributed by atoms with Crippen molar-refractivity contribution in [2.24, 2.45) is 0 Å². The number of benzene rings is 2. The number of imidazole rings is 1. The number of aryl methyl sites for hydroxylation is 2. The topological polar surface area (TPSA) is 106 Å². The van der Waals surface area contributed by atoms with Crippen LogP contribution in [0, 0.1) is 13.8 Å². The molecule has 3 aromatic heterocycles. The first-order valence-corrected chi connectivity index (χ1v) is 15.7. The Morgan fingerprint density at radius 1 is 0.977 bits per heavy atom. The lowest BCUT2D eigenvalue weighted by Gasteiger charge is -2.23. The predicted molar refractivity (Wildman–Crippen MR) is 172 cm³/mol. The molecule has 0 spiro atoms. The van der Waals surface area contributed by atoms with E-state index >= 15 is 0 Å². The van der Waals surface area contributed by atoms with Crippen LogP contribution in [0.25, 0.3) is 21.6 Å². The van der Waals surface area contributed by atoms with Gasteiger partial charge in [-0.3, -0.25) is 14.5 Å². The van der Waals surface area contributed by atoms with Gasteiger partial charge >= 0.3 is 5.91 Å². The number of carbonyl (C=O) groups is 2. The smallest absolute Gasteiger partial charge is 0.301 e. The zero-order chi connectivity index (χ0) is 31.0. The number of amides is 1. The Morgan fingerprint density at radius 2 is 1.80 bits per heavy atom. The zero-order valence-corrected chi connectivity index (χ0v) is 26.0. The first kappa shape index (κ1) is 29.4. The Bertz CT molecular complexity index is 1920. The van der Waals surface area contributed by atoms with Gasteiger partial charge in [0, 0.05) is 6.20 Å². The molecule has 0 bridgehead atoms. The molecule has 0 radical (unpaired) electrons. The summed E-state index contributed by atoms with van der Waals surface area (Å²) in [5.41, 5.74) is 3.73. The van der Waals surface area contributed by atoms with Crippen LogP contribution in [0.1, 0.15) is 61.7 Å². The first-order chi connectivity index (χ1) is 21.3. The number of hydrogen-bond donors (Lipinski definition) is 1. The van der Waals surface area contributed by atoms with Crippen molar-refractivity contribution >= 4 is 49.8 Å². The second-order valence-corrected chi connectivity index (χ2v) is 11.8. The first-order valence-electron chi connectivity index (χ1n) is 14.8. The summed E-state index contributed by atoms with van der Waals surface area (Å²) in [6.07, 6.45) is 4.91. The highest BCUT2D eigenvalue weighted by Gasteiger charge is 2.48. The van der Waals surface area contributed by atoms with Gasteiger partial charge in [-0.2, -0.15) is 0 Å². The van der Waals surface area contributed by atoms with Crippen LogP contribution in [0.4, 0.5) is 5.13 Å². The molecule has 1 saturated heterocycles. The van der Waals surface area contributed by atoms with Crippen LogP contribution in [-0.4, -0.2) is 44.4 Å². The summed E-state index contributed by atoms with van der Waals surface area (Å²) in [4.78, 5) is 38.5. The number of Topliss-reactive ketones (excluding diaryl/α,β-unsaturated/α-hetero) is 1. The molecule has 2 aromatic carbocycles. The number of aliphatic hydroxyl groups excluding tert-OH is 1. The van der Waals surface area contributed by atoms with Gasteiger partial charge < -0.3 is 19.0 Å². The summed E-state index contributed by atoms with van der Waals surface area (Å²) in [6.45, 7) is 8.88. The van der Waals surface area contributed by atoms with Gasteiger partial charge in [0.2, 0.25) is 0 Å². The second kappa shape index (κ2) is 12.1. The van der Waals surface area contributed by atoms with Gasteiger partial charge in [0.25, 0.3) is 5.78 Å². The Morgan fingerprint density at radius 3 is 2.57 bits per heavy atom. The Balaban J connectivity index is 1.51. The molecule has 4 heterocycles. The second-order valence-electron chi connectivity index (χ2n) is 10.8. The van der Waals surface area contributed by atoms with Crippen LogP contribution in [0.2, 0.25) is 0 Å². The van der Waals surface area contributed by atoms with E-state index in [4.69, 9.17) is 19.4 Å². The van der Waals surface area contributed by atoms with Crippen LogP contribution >= 0.6 is 11.3 Å². The highest BCUT2D eigenvalue weighted by molar-refractivity contribution is 7.22. The monoisotopic (exact) mass is 610 g/mol. The number of carbonyl (C=O) groups excluding carboxylic acids is 2. The largest absolute Gasteiger partial charge is 0.505 e. The summed E-state index contributed by atoms with van der Waals surface area (Å²) >= 11 is 1.29. The van der Waals surface area contributed by atoms with Crippen molar-refractivity contribution in [2.75, 3.05) is 18.1 Å². The molecule has 0 aliphatic carbocycles. The maximum Gasteiger partial charge on any atom is 0.301 e. The van der Waals surface area contributed by atoms with E-state index in [0.29, 0.717) is 52.3 Å². The van der Waals surface area contributed by atoms with Crippen molar-refractivity contribution in [1.82, 2.24) is 14.4 Å². The Hall–Kier alpha value is -4.70. The highest BCUT2D eigenvalue weighted by Crippen LogP contribution is 2.45. The summed E-state index contributed by atoms with van der Waals surface area (Å²) in [5.74, 6) is -0.587. The third-order valence-corrected chi connectivity index (χ3v) is 8.83. The molecule has 9 nitrogen and oxygen atoms in total. The fraction of sp³-hybridized carbons (Fsp3) is 0.294. The number of unbranched alkanes of at least 4 members (excludes halogenated alkanes) is 2. The van der Waals surface area contributed by atoms with Crippen LogP contribution < -0.4 is 14.4 Å². The van der Waals surface area contributed by atoms with E-state index in [9.17, 15) is 14.7 Å². The third-order valence-electron chi connectivity index (χ3n) is 7.81. The standard InChI is InChI=1S/C34H34N4O5S/c1-5-7-8-17-43-23-13-9-12-22(18-23)29-27(30(39)28-21(4)37-16-10-11-20(3)32(37)36-28)31(40)33(41)38(29)34-35-25-15-14-24(42-6-2)19-26(25)44-34/h9-16,18-19,29,39H,5-8,17H2,1-4H3/b30-27+. The van der Waals surface area contributed by atoms with Crippen molar-refractivity contribution in [3.8, 4) is 11.5 Å². The fourth-order valence-corrected chi connectivity index (χ4v) is 6.61. The minimum absolute atomic E-state index is 0.0449. The average Bonchev–Trinajstić information content (AvgIpc) is 3.67. The number of aliphatic hydroxyl groups is 1. The lowest BCUT2D eigenvalue weighted by Crippen LogP contribution is -2.29. The van der Waals surface area contributed by atoms with Gasteiger partial charge in [0.05, 0.1) is 40.7 Å². The van der Waals surface area contributed by atoms with Gasteiger partial charge in [-0.25, -0.2) is 9.97 Å². The maximum atomic E-state index is 13.8. The van der Waals surface area contributed by atoms with Crippen molar-refractivity contribution in [1.29, 1.82) is 0 Å².